The molecule has 4 aromatic carbocycles. The monoisotopic (exact) mass is 784 g/mol. The van der Waals surface area contributed by atoms with Crippen LogP contribution < -0.4 is 21.3 Å². The number of urea groups is 1. The van der Waals surface area contributed by atoms with Crippen molar-refractivity contribution in [2.24, 2.45) is 20.8 Å². The fourth-order valence-electron chi connectivity index (χ4n) is 5.93. The van der Waals surface area contributed by atoms with Crippen LogP contribution in [0.4, 0.5) is 16.2 Å². The van der Waals surface area contributed by atoms with Gasteiger partial charge in [0.15, 0.2) is 0 Å². The SMILES string of the molecule is C=C(NC1=NCC(C(C)(C)C)=C1)Nc1ccc(CCc2ccc(Cl)cc2)cc1.CC.CC(C)(C)C1=CC(NC(=O)Nc2ccc(CCc3ccccc3)cc2)=NC1. The Balaban J connectivity index is 0.000000242. The number of rotatable bonds is 10. The molecule has 4 N–H and O–H groups in total. The van der Waals surface area contributed by atoms with Gasteiger partial charge in [0.1, 0.15) is 17.5 Å². The number of aryl methyl sites for hydroxylation is 4. The molecule has 8 heteroatoms. The predicted octanol–water partition coefficient (Wildman–Crippen LogP) is 12.0. The maximum absolute atomic E-state index is 12.2. The first-order valence-corrected chi connectivity index (χ1v) is 20.4. The smallest absolute Gasteiger partial charge is 0.324 e. The number of amidine groups is 2. The zero-order valence-corrected chi connectivity index (χ0v) is 35.9. The lowest BCUT2D eigenvalue weighted by Crippen LogP contribution is -2.32. The van der Waals surface area contributed by atoms with Crippen molar-refractivity contribution in [3.8, 4) is 0 Å². The van der Waals surface area contributed by atoms with Crippen LogP contribution in [-0.4, -0.2) is 30.8 Å². The summed E-state index contributed by atoms with van der Waals surface area (Å²) in [4.78, 5) is 21.1. The number of halogens is 1. The van der Waals surface area contributed by atoms with Gasteiger partial charge >= 0.3 is 6.03 Å². The van der Waals surface area contributed by atoms with Crippen LogP contribution in [0.25, 0.3) is 0 Å². The molecule has 0 bridgehead atoms. The van der Waals surface area contributed by atoms with Gasteiger partial charge in [-0.3, -0.25) is 15.3 Å². The Labute approximate surface area is 346 Å². The van der Waals surface area contributed by atoms with Crippen LogP contribution >= 0.6 is 11.6 Å². The molecule has 0 atom stereocenters. The highest BCUT2D eigenvalue weighted by atomic mass is 35.5. The van der Waals surface area contributed by atoms with Gasteiger partial charge in [0, 0.05) is 16.4 Å². The van der Waals surface area contributed by atoms with E-state index in [1.807, 2.05) is 50.3 Å². The Kier molecular flexibility index (Phi) is 16.5. The Morgan fingerprint density at radius 1 is 0.561 bits per heavy atom. The van der Waals surface area contributed by atoms with Gasteiger partial charge in [-0.25, -0.2) is 4.79 Å². The van der Waals surface area contributed by atoms with E-state index in [4.69, 9.17) is 11.6 Å². The van der Waals surface area contributed by atoms with Crippen molar-refractivity contribution < 1.29 is 4.79 Å². The number of hydrogen-bond donors (Lipinski definition) is 4. The average molecular weight is 786 g/mol. The van der Waals surface area contributed by atoms with Crippen molar-refractivity contribution in [3.63, 3.8) is 0 Å². The van der Waals surface area contributed by atoms with Crippen LogP contribution in [0.3, 0.4) is 0 Å². The van der Waals surface area contributed by atoms with Crippen LogP contribution in [0.15, 0.2) is 149 Å². The van der Waals surface area contributed by atoms with Crippen LogP contribution in [0, 0.1) is 10.8 Å². The zero-order chi connectivity index (χ0) is 41.4. The number of carbonyl (C=O) groups excluding carboxylic acids is 1. The molecular weight excluding hydrogens is 724 g/mol. The van der Waals surface area contributed by atoms with E-state index in [1.54, 1.807) is 0 Å². The molecule has 0 radical (unpaired) electrons. The molecule has 57 heavy (non-hydrogen) atoms. The fraction of sp³-hybridized carbons (Fsp3) is 0.327. The summed E-state index contributed by atoms with van der Waals surface area (Å²) in [6.45, 7) is 22.5. The summed E-state index contributed by atoms with van der Waals surface area (Å²) >= 11 is 5.94. The standard InChI is InChI=1S/C24H28ClN3.C23H27N3O.C2H6/c1-17(28-23-15-20(16-26-23)24(2,3)4)27-22-13-9-19(10-14-22)6-5-18-7-11-21(25)12-8-18;1-23(2,3)19-15-21(24-16-19)26-22(27)25-20-13-11-18(12-14-20)10-9-17-7-5-4-6-8-17;1-2/h7-15,27H,1,5-6,16H2,2-4H3,(H,26,28);4-8,11-15H,9-10,16H2,1-3H3,(H2,24,25,26,27);1-2H3. The number of carbonyl (C=O) groups is 1. The number of nitrogens with one attached hydrogen (secondary N) is 4. The lowest BCUT2D eigenvalue weighted by Gasteiger charge is -2.18. The highest BCUT2D eigenvalue weighted by molar-refractivity contribution is 6.30. The van der Waals surface area contributed by atoms with E-state index in [9.17, 15) is 4.79 Å². The third-order valence-corrected chi connectivity index (χ3v) is 9.78. The maximum Gasteiger partial charge on any atom is 0.324 e. The second-order valence-corrected chi connectivity index (χ2v) is 16.5. The third-order valence-electron chi connectivity index (χ3n) is 9.53. The molecule has 4 aromatic rings. The highest BCUT2D eigenvalue weighted by Crippen LogP contribution is 2.28. The summed E-state index contributed by atoms with van der Waals surface area (Å²) < 4.78 is 0. The molecule has 0 saturated carbocycles. The van der Waals surface area contributed by atoms with Gasteiger partial charge in [0.05, 0.1) is 13.1 Å². The molecule has 0 unspecified atom stereocenters. The van der Waals surface area contributed by atoms with Crippen molar-refractivity contribution in [2.45, 2.75) is 81.1 Å². The maximum atomic E-state index is 12.2. The predicted molar refractivity (Wildman–Crippen MR) is 245 cm³/mol. The molecule has 0 fully saturated rings. The second kappa shape index (κ2) is 21.2. The van der Waals surface area contributed by atoms with E-state index >= 15 is 0 Å². The normalized spacial score (nSPS) is 13.4. The average Bonchev–Trinajstić information content (AvgIpc) is 3.87. The summed E-state index contributed by atoms with van der Waals surface area (Å²) in [5.74, 6) is 2.21. The van der Waals surface area contributed by atoms with Gasteiger partial charge in [-0.2, -0.15) is 0 Å². The highest BCUT2D eigenvalue weighted by Gasteiger charge is 2.22. The van der Waals surface area contributed by atoms with Gasteiger partial charge in [-0.1, -0.05) is 140 Å². The van der Waals surface area contributed by atoms with Crippen molar-refractivity contribution in [1.82, 2.24) is 10.6 Å². The minimum atomic E-state index is -0.266. The molecule has 0 aromatic heterocycles. The topological polar surface area (TPSA) is 89.9 Å². The molecular formula is C49H61ClN6O. The molecule has 0 aliphatic carbocycles. The molecule has 6 rings (SSSR count). The van der Waals surface area contributed by atoms with Crippen molar-refractivity contribution in [3.05, 3.63) is 166 Å². The number of aliphatic imine (C=N–C) groups is 2. The second-order valence-electron chi connectivity index (χ2n) is 16.1. The first kappa shape index (κ1) is 44.3. The molecule has 300 valence electrons. The minimum Gasteiger partial charge on any atom is -0.342 e. The zero-order valence-electron chi connectivity index (χ0n) is 35.1. The minimum absolute atomic E-state index is 0.0684. The van der Waals surface area contributed by atoms with Crippen molar-refractivity contribution in [2.75, 3.05) is 23.7 Å². The first-order valence-electron chi connectivity index (χ1n) is 20.0. The van der Waals surface area contributed by atoms with Crippen molar-refractivity contribution >= 4 is 40.7 Å². The van der Waals surface area contributed by atoms with E-state index in [1.165, 1.54) is 33.4 Å². The Hall–Kier alpha value is -5.40. The van der Waals surface area contributed by atoms with E-state index in [0.29, 0.717) is 12.4 Å². The number of nitrogens with zero attached hydrogens (tertiary/aromatic N) is 2. The molecule has 2 aliphatic heterocycles. The summed E-state index contributed by atoms with van der Waals surface area (Å²) in [5.41, 5.74) is 9.72. The Bertz CT molecular complexity index is 2030. The van der Waals surface area contributed by atoms with Gasteiger partial charge in [-0.15, -0.1) is 0 Å². The summed E-state index contributed by atoms with van der Waals surface area (Å²) in [7, 11) is 0. The quantitative estimate of drug-likeness (QED) is 0.129. The van der Waals surface area contributed by atoms with E-state index < -0.39 is 0 Å². The summed E-state index contributed by atoms with van der Waals surface area (Å²) in [6, 6.07) is 34.7. The number of benzene rings is 4. The molecule has 7 nitrogen and oxygen atoms in total. The number of hydrogen-bond acceptors (Lipinski definition) is 5. The van der Waals surface area contributed by atoms with Gasteiger partial charge < -0.3 is 16.0 Å². The van der Waals surface area contributed by atoms with Crippen LogP contribution in [-0.2, 0) is 25.7 Å². The Morgan fingerprint density at radius 3 is 1.37 bits per heavy atom. The van der Waals surface area contributed by atoms with Gasteiger partial charge in [-0.05, 0) is 118 Å². The molecule has 2 aliphatic rings. The summed E-state index contributed by atoms with van der Waals surface area (Å²) in [5, 5.41) is 13.0. The van der Waals surface area contributed by atoms with Crippen molar-refractivity contribution in [1.29, 1.82) is 0 Å². The lowest BCUT2D eigenvalue weighted by atomic mass is 9.87. The molecule has 2 heterocycles. The molecule has 0 saturated heterocycles. The van der Waals surface area contributed by atoms with E-state index in [2.05, 4.69) is 158 Å². The third kappa shape index (κ3) is 15.2. The van der Waals surface area contributed by atoms with Gasteiger partial charge in [0.2, 0.25) is 0 Å². The van der Waals surface area contributed by atoms with Crippen LogP contribution in [0.1, 0.15) is 77.6 Å². The largest absolute Gasteiger partial charge is 0.342 e. The van der Waals surface area contributed by atoms with Crippen LogP contribution in [0.5, 0.6) is 0 Å². The van der Waals surface area contributed by atoms with E-state index in [0.717, 1.165) is 60.3 Å². The fourth-order valence-corrected chi connectivity index (χ4v) is 6.06. The first-order chi connectivity index (χ1) is 27.2. The summed E-state index contributed by atoms with van der Waals surface area (Å²) in [6.07, 6.45) is 8.07. The molecule has 0 spiro atoms. The molecule has 2 amide bonds. The van der Waals surface area contributed by atoms with Gasteiger partial charge in [0.25, 0.3) is 0 Å². The lowest BCUT2D eigenvalue weighted by molar-refractivity contribution is 0.256. The Morgan fingerprint density at radius 2 is 0.947 bits per heavy atom. The number of anilines is 2. The number of amides is 2. The van der Waals surface area contributed by atoms with Crippen LogP contribution in [0.2, 0.25) is 5.02 Å². The van der Waals surface area contributed by atoms with E-state index in [-0.39, 0.29) is 16.9 Å².